The summed E-state index contributed by atoms with van der Waals surface area (Å²) in [6.45, 7) is 0.392. The number of nitrogens with one attached hydrogen (secondary N) is 3. The Balaban J connectivity index is 1.43. The number of benzene rings is 1. The van der Waals surface area contributed by atoms with Gasteiger partial charge in [-0.2, -0.15) is 13.9 Å². The molecule has 1 amide bonds. The molecule has 5 rings (SSSR count). The van der Waals surface area contributed by atoms with Crippen molar-refractivity contribution in [2.75, 3.05) is 58.1 Å². The molecule has 212 valence electrons. The first kappa shape index (κ1) is 27.8. The molecular weight excluding hydrogens is 545 g/mol. The Labute approximate surface area is 233 Å². The van der Waals surface area contributed by atoms with Gasteiger partial charge >= 0.3 is 5.25 Å². The quantitative estimate of drug-likeness (QED) is 0.384. The third-order valence-corrected chi connectivity index (χ3v) is 7.69. The number of rotatable bonds is 6. The minimum atomic E-state index is -3.19. The van der Waals surface area contributed by atoms with Crippen LogP contribution in [0.2, 0.25) is 0 Å². The summed E-state index contributed by atoms with van der Waals surface area (Å²) in [4.78, 5) is 14.0. The summed E-state index contributed by atoms with van der Waals surface area (Å²) < 4.78 is 56.3. The van der Waals surface area contributed by atoms with Crippen molar-refractivity contribution in [1.29, 1.82) is 0 Å². The van der Waals surface area contributed by atoms with Crippen LogP contribution in [0.1, 0.15) is 22.5 Å². The summed E-state index contributed by atoms with van der Waals surface area (Å²) in [5.41, 5.74) is 1.57. The molecule has 9 nitrogen and oxygen atoms in total. The number of aromatic nitrogens is 2. The first-order valence-electron chi connectivity index (χ1n) is 12.7. The molecular formula is C27H29F3N6O3S. The number of nitrogens with zero attached hydrogens (tertiary/aromatic N) is 3. The van der Waals surface area contributed by atoms with Crippen molar-refractivity contribution < 1.29 is 27.4 Å². The van der Waals surface area contributed by atoms with Gasteiger partial charge in [0.05, 0.1) is 30.3 Å². The second-order valence-electron chi connectivity index (χ2n) is 9.52. The number of alkyl halides is 3. The monoisotopic (exact) mass is 574 g/mol. The second kappa shape index (κ2) is 11.4. The number of pyridine rings is 1. The average Bonchev–Trinajstić information content (AvgIpc) is 3.21. The number of halogens is 3. The van der Waals surface area contributed by atoms with Crippen LogP contribution >= 0.6 is 11.8 Å². The van der Waals surface area contributed by atoms with Gasteiger partial charge in [-0.3, -0.25) is 4.79 Å². The number of piperidine rings is 1. The van der Waals surface area contributed by atoms with Crippen molar-refractivity contribution in [2.24, 2.45) is 0 Å². The summed E-state index contributed by atoms with van der Waals surface area (Å²) in [5.74, 6) is 6.77. The van der Waals surface area contributed by atoms with Gasteiger partial charge in [0, 0.05) is 25.7 Å². The van der Waals surface area contributed by atoms with Gasteiger partial charge in [-0.05, 0) is 61.5 Å². The maximum Gasteiger partial charge on any atom is 0.331 e. The minimum absolute atomic E-state index is 0.150. The molecule has 0 radical (unpaired) electrons. The molecule has 3 N–H and O–H groups in total. The van der Waals surface area contributed by atoms with E-state index in [0.717, 1.165) is 6.54 Å². The molecule has 1 saturated heterocycles. The molecule has 13 heteroatoms. The number of hydrogen-bond donors (Lipinski definition) is 3. The molecule has 2 atom stereocenters. The fourth-order valence-electron chi connectivity index (χ4n) is 4.64. The van der Waals surface area contributed by atoms with E-state index in [-0.39, 0.29) is 28.8 Å². The standard InChI is InChI=1S/C27H29F3N6O3S/c1-31-26(37)16-6-7-19(22(13-16)38-3)32-11-4-5-20-25-24-21(39-15-27(29,30)40-25)8-9-23(36(24)34-20)33-18-10-12-35(2)14-17(18)28/h6-9,13,17-18,32-33H,10-12,14-15H2,1-3H3,(H,31,37)/t17-,18+/m0/s1. The smallest absolute Gasteiger partial charge is 0.331 e. The Kier molecular flexibility index (Phi) is 7.91. The molecule has 0 unspecified atom stereocenters. The number of carbonyl (C=O) groups excluding carboxylic acids is 1. The van der Waals surface area contributed by atoms with E-state index >= 15 is 0 Å². The largest absolute Gasteiger partial charge is 0.495 e. The van der Waals surface area contributed by atoms with E-state index in [1.165, 1.54) is 11.6 Å². The molecule has 0 aliphatic carbocycles. The van der Waals surface area contributed by atoms with Crippen molar-refractivity contribution in [2.45, 2.75) is 28.8 Å². The van der Waals surface area contributed by atoms with Crippen molar-refractivity contribution in [3.63, 3.8) is 0 Å². The third-order valence-electron chi connectivity index (χ3n) is 6.69. The van der Waals surface area contributed by atoms with Crippen LogP contribution in [0.5, 0.6) is 11.5 Å². The molecule has 0 bridgehead atoms. The lowest BCUT2D eigenvalue weighted by Gasteiger charge is -2.33. The lowest BCUT2D eigenvalue weighted by atomic mass is 10.0. The van der Waals surface area contributed by atoms with E-state index in [0.29, 0.717) is 53.1 Å². The predicted octanol–water partition coefficient (Wildman–Crippen LogP) is 3.70. The van der Waals surface area contributed by atoms with Gasteiger partial charge in [0.15, 0.2) is 6.61 Å². The lowest BCUT2D eigenvalue weighted by Crippen LogP contribution is -2.46. The predicted molar refractivity (Wildman–Crippen MR) is 148 cm³/mol. The SMILES string of the molecule is CNC(=O)c1ccc(NCC#Cc2nn3c(N[C@@H]4CCN(C)C[C@@H]4F)ccc4c3c2SC(F)(F)CO4)c(OC)c1. The van der Waals surface area contributed by atoms with Gasteiger partial charge in [0.1, 0.15) is 34.7 Å². The van der Waals surface area contributed by atoms with E-state index in [9.17, 15) is 18.0 Å². The third kappa shape index (κ3) is 5.73. The van der Waals surface area contributed by atoms with Gasteiger partial charge in [0.25, 0.3) is 5.91 Å². The summed E-state index contributed by atoms with van der Waals surface area (Å²) >= 11 is 0.352. The van der Waals surface area contributed by atoms with Gasteiger partial charge in [-0.1, -0.05) is 5.92 Å². The highest BCUT2D eigenvalue weighted by Crippen LogP contribution is 2.46. The highest BCUT2D eigenvalue weighted by molar-refractivity contribution is 8.00. The number of likely N-dealkylation sites (tertiary alicyclic amines) is 1. The van der Waals surface area contributed by atoms with Gasteiger partial charge < -0.3 is 30.3 Å². The zero-order valence-electron chi connectivity index (χ0n) is 22.2. The molecule has 0 saturated carbocycles. The molecule has 1 aromatic carbocycles. The Morgan fingerprint density at radius 2 is 2.15 bits per heavy atom. The summed E-state index contributed by atoms with van der Waals surface area (Å²) in [7, 11) is 4.90. The van der Waals surface area contributed by atoms with Crippen molar-refractivity contribution >= 4 is 34.7 Å². The number of anilines is 2. The summed E-state index contributed by atoms with van der Waals surface area (Å²) in [6.07, 6.45) is -0.508. The fourth-order valence-corrected chi connectivity index (χ4v) is 5.53. The minimum Gasteiger partial charge on any atom is -0.495 e. The van der Waals surface area contributed by atoms with E-state index in [2.05, 4.69) is 32.9 Å². The number of ether oxygens (including phenoxy) is 2. The van der Waals surface area contributed by atoms with Crippen LogP contribution in [-0.2, 0) is 0 Å². The summed E-state index contributed by atoms with van der Waals surface area (Å²) in [6, 6.07) is 7.76. The lowest BCUT2D eigenvalue weighted by molar-refractivity contribution is 0.0489. The first-order valence-corrected chi connectivity index (χ1v) is 13.5. The Bertz CT molecular complexity index is 1490. The summed E-state index contributed by atoms with van der Waals surface area (Å²) in [5, 5.41) is 10.2. The molecule has 4 heterocycles. The molecule has 2 aliphatic rings. The van der Waals surface area contributed by atoms with Crippen LogP contribution < -0.4 is 25.4 Å². The Morgan fingerprint density at radius 1 is 1.32 bits per heavy atom. The average molecular weight is 575 g/mol. The highest BCUT2D eigenvalue weighted by atomic mass is 32.2. The zero-order valence-corrected chi connectivity index (χ0v) is 23.0. The molecule has 40 heavy (non-hydrogen) atoms. The topological polar surface area (TPSA) is 92.2 Å². The number of methoxy groups -OCH3 is 1. The molecule has 0 spiro atoms. The van der Waals surface area contributed by atoms with Crippen LogP contribution in [0, 0.1) is 11.8 Å². The molecule has 2 aromatic heterocycles. The molecule has 3 aromatic rings. The van der Waals surface area contributed by atoms with E-state index in [1.54, 1.807) is 37.4 Å². The van der Waals surface area contributed by atoms with Gasteiger partial charge in [-0.15, -0.1) is 0 Å². The number of thioether (sulfide) groups is 1. The zero-order chi connectivity index (χ0) is 28.4. The number of hydrogen-bond acceptors (Lipinski definition) is 8. The van der Waals surface area contributed by atoms with Crippen LogP contribution in [-0.4, -0.2) is 85.3 Å². The van der Waals surface area contributed by atoms with Gasteiger partial charge in [-0.25, -0.2) is 8.91 Å². The highest BCUT2D eigenvalue weighted by Gasteiger charge is 2.38. The molecule has 1 fully saturated rings. The Hall–Kier alpha value is -3.76. The van der Waals surface area contributed by atoms with Crippen molar-refractivity contribution in [3.05, 3.63) is 41.6 Å². The number of carbonyl (C=O) groups is 1. The second-order valence-corrected chi connectivity index (χ2v) is 10.7. The normalized spacial score (nSPS) is 20.1. The van der Waals surface area contributed by atoms with E-state index in [4.69, 9.17) is 9.47 Å². The van der Waals surface area contributed by atoms with Crippen LogP contribution in [0.15, 0.2) is 35.2 Å². The maximum absolute atomic E-state index is 14.8. The van der Waals surface area contributed by atoms with Crippen LogP contribution in [0.3, 0.4) is 0 Å². The van der Waals surface area contributed by atoms with Crippen molar-refractivity contribution in [3.8, 4) is 23.3 Å². The van der Waals surface area contributed by atoms with Gasteiger partial charge in [0.2, 0.25) is 0 Å². The Morgan fingerprint density at radius 3 is 2.90 bits per heavy atom. The maximum atomic E-state index is 14.8. The fraction of sp³-hybridized carbons (Fsp3) is 0.407. The van der Waals surface area contributed by atoms with E-state index < -0.39 is 24.1 Å². The van der Waals surface area contributed by atoms with Crippen LogP contribution in [0.4, 0.5) is 24.7 Å². The van der Waals surface area contributed by atoms with E-state index in [1.807, 2.05) is 11.9 Å². The number of amides is 1. The van der Waals surface area contributed by atoms with Crippen LogP contribution in [0.25, 0.3) is 5.52 Å². The first-order chi connectivity index (χ1) is 19.2. The van der Waals surface area contributed by atoms with Crippen molar-refractivity contribution in [1.82, 2.24) is 19.8 Å². The molecule has 2 aliphatic heterocycles.